The van der Waals surface area contributed by atoms with E-state index in [1.54, 1.807) is 18.6 Å². The lowest BCUT2D eigenvalue weighted by atomic mass is 9.43. The zero-order chi connectivity index (χ0) is 76.2. The van der Waals surface area contributed by atoms with Crippen LogP contribution in [-0.2, 0) is 16.6 Å². The number of imidazole rings is 3. The average Bonchev–Trinajstić information content (AvgIpc) is 0.896. The van der Waals surface area contributed by atoms with Crippen LogP contribution in [0.5, 0.6) is 17.2 Å². The van der Waals surface area contributed by atoms with Gasteiger partial charge in [0.05, 0.1) is 33.7 Å². The van der Waals surface area contributed by atoms with Gasteiger partial charge < -0.3 is 60.4 Å². The highest BCUT2D eigenvalue weighted by Gasteiger charge is 2.74. The van der Waals surface area contributed by atoms with Crippen LogP contribution >= 0.6 is 0 Å². The molecule has 9 saturated carbocycles. The number of aliphatic hydroxyl groups is 3. The molecule has 0 radical (unpaired) electrons. The monoisotopic (exact) mass is 1520 g/mol. The van der Waals surface area contributed by atoms with Gasteiger partial charge in [-0.25, -0.2) is 56.2 Å². The molecule has 0 spiro atoms. The van der Waals surface area contributed by atoms with Gasteiger partial charge in [-0.2, -0.15) is 0 Å². The number of ether oxygens (including phenoxy) is 3. The van der Waals surface area contributed by atoms with Crippen molar-refractivity contribution in [1.82, 2.24) is 58.3 Å². The van der Waals surface area contributed by atoms with Gasteiger partial charge in [-0.05, 0) is 93.7 Å². The molecule has 3 aliphatic heterocycles. The number of halogens is 15. The summed E-state index contributed by atoms with van der Waals surface area (Å²) >= 11 is 0. The standard InChI is InChI=1S/3C23H28F5N5O2.CH4/c3*1-13(2)17(34)19-31-15(14-7-16(18(29)30-8-14)35-23(26,27)28)9-33(19)21-10-20(11-21,12-21)32-5-3-22(24,25)4-6-32;/h3*7-9,13,17,34H,3-6,10-12H2,1-2H3,(H2,29,30);1H4/t2*17-,20?,21?;;/m10../s1. The van der Waals surface area contributed by atoms with Gasteiger partial charge in [-0.1, -0.05) is 49.0 Å². The summed E-state index contributed by atoms with van der Waals surface area (Å²) < 4.78 is 214. The molecule has 584 valence electrons. The molecule has 0 aromatic carbocycles. The van der Waals surface area contributed by atoms with Crippen molar-refractivity contribution in [3.63, 3.8) is 0 Å². The Kier molecular flexibility index (Phi) is 19.7. The lowest BCUT2D eigenvalue weighted by molar-refractivity contribution is -0.275. The highest BCUT2D eigenvalue weighted by Crippen LogP contribution is 2.72. The number of aromatic nitrogens is 9. The molecule has 3 atom stereocenters. The predicted molar refractivity (Wildman–Crippen MR) is 357 cm³/mol. The Morgan fingerprint density at radius 1 is 0.377 bits per heavy atom. The van der Waals surface area contributed by atoms with Crippen LogP contribution in [0, 0.1) is 17.8 Å². The number of nitrogen functional groups attached to an aromatic ring is 3. The minimum absolute atomic E-state index is 0. The van der Waals surface area contributed by atoms with Crippen LogP contribution in [0.2, 0.25) is 0 Å². The van der Waals surface area contributed by atoms with Crippen LogP contribution < -0.4 is 31.4 Å². The maximum Gasteiger partial charge on any atom is 0.573 e. The van der Waals surface area contributed by atoms with Crippen molar-refractivity contribution >= 4 is 17.5 Å². The van der Waals surface area contributed by atoms with E-state index in [4.69, 9.17) is 17.2 Å². The first-order chi connectivity index (χ1) is 48.7. The molecule has 6 aromatic heterocycles. The summed E-state index contributed by atoms with van der Waals surface area (Å²) in [5, 5.41) is 32.6. The summed E-state index contributed by atoms with van der Waals surface area (Å²) in [5.74, 6) is -10.1. The van der Waals surface area contributed by atoms with Gasteiger partial charge in [0.15, 0.2) is 34.7 Å². The maximum absolute atomic E-state index is 13.6. The molecule has 21 nitrogen and oxygen atoms in total. The zero-order valence-corrected chi connectivity index (χ0v) is 58.3. The number of piperidine rings is 3. The van der Waals surface area contributed by atoms with Crippen molar-refractivity contribution in [1.29, 1.82) is 0 Å². The first kappa shape index (κ1) is 78.2. The van der Waals surface area contributed by atoms with E-state index < -0.39 is 89.9 Å². The number of aliphatic hydroxyl groups excluding tert-OH is 3. The quantitative estimate of drug-likeness (QED) is 0.0437. The van der Waals surface area contributed by atoms with Crippen LogP contribution in [0.1, 0.15) is 181 Å². The molecule has 9 heterocycles. The highest BCUT2D eigenvalue weighted by atomic mass is 19.4. The number of nitrogens with two attached hydrogens (primary N) is 3. The van der Waals surface area contributed by atoms with Gasteiger partial charge in [-0.3, -0.25) is 14.7 Å². The fourth-order valence-corrected chi connectivity index (χ4v) is 17.4. The molecule has 12 fully saturated rings. The van der Waals surface area contributed by atoms with Crippen LogP contribution in [0.3, 0.4) is 0 Å². The van der Waals surface area contributed by atoms with Crippen molar-refractivity contribution in [3.05, 3.63) is 72.9 Å². The summed E-state index contributed by atoms with van der Waals surface area (Å²) in [6, 6.07) is 3.39. The molecular formula is C70H88F15N15O6. The van der Waals surface area contributed by atoms with Crippen LogP contribution in [0.15, 0.2) is 55.4 Å². The Bertz CT molecular complexity index is 3730. The summed E-state index contributed by atoms with van der Waals surface area (Å²) in [4.78, 5) is 31.7. The zero-order valence-electron chi connectivity index (χ0n) is 58.3. The van der Waals surface area contributed by atoms with Gasteiger partial charge in [0, 0.05) is 148 Å². The van der Waals surface area contributed by atoms with Crippen molar-refractivity contribution in [2.75, 3.05) is 56.5 Å². The number of pyridine rings is 3. The lowest BCUT2D eigenvalue weighted by Crippen LogP contribution is -2.79. The van der Waals surface area contributed by atoms with Gasteiger partial charge in [0.25, 0.3) is 17.8 Å². The van der Waals surface area contributed by atoms with Crippen LogP contribution in [-0.4, -0.2) is 166 Å². The third-order valence-corrected chi connectivity index (χ3v) is 23.1. The fourth-order valence-electron chi connectivity index (χ4n) is 17.4. The lowest BCUT2D eigenvalue weighted by Gasteiger charge is -2.75. The largest absolute Gasteiger partial charge is 0.573 e. The molecule has 18 rings (SSSR count). The maximum atomic E-state index is 13.6. The first-order valence-corrected chi connectivity index (χ1v) is 35.0. The number of rotatable bonds is 18. The normalized spacial score (nSPS) is 28.7. The number of nitrogens with zero attached hydrogens (tertiary/aromatic N) is 12. The molecule has 6 aromatic rings. The molecule has 1 unspecified atom stereocenters. The molecular weight excluding hydrogens is 1430 g/mol. The number of hydrogen-bond donors (Lipinski definition) is 6. The molecule has 36 heteroatoms. The fraction of sp³-hybridized carbons (Fsp3) is 0.657. The smallest absolute Gasteiger partial charge is 0.402 e. The second-order valence-electron chi connectivity index (χ2n) is 31.6. The molecule has 9 N–H and O–H groups in total. The average molecular weight is 1520 g/mol. The van der Waals surface area contributed by atoms with Crippen molar-refractivity contribution < 1.29 is 95.4 Å². The van der Waals surface area contributed by atoms with E-state index in [2.05, 4.69) is 58.8 Å². The van der Waals surface area contributed by atoms with Crippen molar-refractivity contribution in [3.8, 4) is 51.0 Å². The molecule has 3 saturated heterocycles. The molecule has 106 heavy (non-hydrogen) atoms. The van der Waals surface area contributed by atoms with Crippen LogP contribution in [0.25, 0.3) is 33.8 Å². The second-order valence-corrected chi connectivity index (χ2v) is 31.6. The Balaban J connectivity index is 0.000000148. The number of anilines is 3. The first-order valence-electron chi connectivity index (χ1n) is 35.0. The van der Waals surface area contributed by atoms with Gasteiger partial charge in [0.2, 0.25) is 0 Å². The Morgan fingerprint density at radius 2 is 0.585 bits per heavy atom. The van der Waals surface area contributed by atoms with E-state index in [1.807, 2.05) is 55.2 Å². The van der Waals surface area contributed by atoms with Gasteiger partial charge in [-0.15, -0.1) is 39.5 Å². The summed E-state index contributed by atoms with van der Waals surface area (Å²) in [6.45, 7) is 13.2. The number of hydrogen-bond acceptors (Lipinski definition) is 18. The van der Waals surface area contributed by atoms with E-state index in [-0.39, 0.29) is 114 Å². The summed E-state index contributed by atoms with van der Waals surface area (Å²) in [6.07, 6.45) is -2.42. The van der Waals surface area contributed by atoms with E-state index in [0.717, 1.165) is 76.0 Å². The van der Waals surface area contributed by atoms with Gasteiger partial charge >= 0.3 is 19.1 Å². The van der Waals surface area contributed by atoms with Crippen molar-refractivity contribution in [2.45, 2.75) is 234 Å². The number of alkyl halides is 15. The van der Waals surface area contributed by atoms with Crippen molar-refractivity contribution in [2.24, 2.45) is 17.8 Å². The predicted octanol–water partition coefficient (Wildman–Crippen LogP) is 14.1. The van der Waals surface area contributed by atoms with Crippen LogP contribution in [0.4, 0.5) is 83.3 Å². The Labute approximate surface area is 601 Å². The van der Waals surface area contributed by atoms with E-state index in [9.17, 15) is 81.2 Å². The molecule has 9 aliphatic carbocycles. The van der Waals surface area contributed by atoms with Gasteiger partial charge in [0.1, 0.15) is 35.8 Å². The molecule has 12 aliphatic rings. The minimum atomic E-state index is -4.93. The Hall–Kier alpha value is -7.41. The highest BCUT2D eigenvalue weighted by molar-refractivity contribution is 5.66. The molecule has 6 bridgehead atoms. The summed E-state index contributed by atoms with van der Waals surface area (Å²) in [5.41, 5.74) is 17.3. The third-order valence-electron chi connectivity index (χ3n) is 23.1. The topological polar surface area (TPSA) is 268 Å². The SMILES string of the molecule is C.CC(C)C(O)c1nc(-c2cnc(N)c(OC(F)(F)F)c2)cn1C12CC(N3CCC(F)(F)CC3)(C1)C2.CC(C)[C@@H](O)c1nc(-c2cnc(N)c(OC(F)(F)F)c2)cn1C12CC(N3CCC(F)(F)CC3)(C1)C2.CC(C)[C@H](O)c1nc(-c2cnc(N)c(OC(F)(F)F)c2)cn1C12CC(N3CCC(F)(F)CC3)(C1)C2. The van der Waals surface area contributed by atoms with E-state index in [0.29, 0.717) is 73.8 Å². The van der Waals surface area contributed by atoms with E-state index >= 15 is 0 Å². The minimum Gasteiger partial charge on any atom is -0.402 e. The summed E-state index contributed by atoms with van der Waals surface area (Å²) in [7, 11) is 0. The Morgan fingerprint density at radius 3 is 0.774 bits per heavy atom. The third kappa shape index (κ3) is 14.8. The number of likely N-dealkylation sites (tertiary alicyclic amines) is 3. The van der Waals surface area contributed by atoms with E-state index in [1.165, 1.54) is 18.6 Å². The molecule has 0 amide bonds. The second kappa shape index (κ2) is 26.7.